The Morgan fingerprint density at radius 3 is 2.25 bits per heavy atom. The lowest BCUT2D eigenvalue weighted by Crippen LogP contribution is -2.26. The molecule has 1 N–H and O–H groups in total. The van der Waals surface area contributed by atoms with Gasteiger partial charge in [-0.05, 0) is 66.6 Å². The lowest BCUT2D eigenvalue weighted by molar-refractivity contribution is 0.0940. The first-order chi connectivity index (χ1) is 13.5. The summed E-state index contributed by atoms with van der Waals surface area (Å²) in [6.45, 7) is 1.97. The second-order valence-electron chi connectivity index (χ2n) is 6.41. The summed E-state index contributed by atoms with van der Waals surface area (Å²) >= 11 is 7.65. The number of hydrogen-bond donors (Lipinski definition) is 1. The van der Waals surface area contributed by atoms with Gasteiger partial charge >= 0.3 is 0 Å². The minimum absolute atomic E-state index is 0.0831. The smallest absolute Gasteiger partial charge is 0.251 e. The second kappa shape index (κ2) is 9.67. The van der Waals surface area contributed by atoms with Gasteiger partial charge in [0.05, 0.1) is 13.2 Å². The Bertz CT molecular complexity index is 909. The highest BCUT2D eigenvalue weighted by atomic mass is 35.5. The lowest BCUT2D eigenvalue weighted by atomic mass is 10.1. The molecule has 1 atom stereocenters. The zero-order chi connectivity index (χ0) is 19.9. The van der Waals surface area contributed by atoms with E-state index in [0.717, 1.165) is 22.1 Å². The Labute approximate surface area is 175 Å². The molecule has 0 aliphatic carbocycles. The largest absolute Gasteiger partial charge is 0.497 e. The first kappa shape index (κ1) is 20.3. The van der Waals surface area contributed by atoms with Crippen LogP contribution in [0.3, 0.4) is 0 Å². The summed E-state index contributed by atoms with van der Waals surface area (Å²) < 4.78 is 5.17. The molecule has 5 heteroatoms. The number of methoxy groups -OCH3 is 1. The molecule has 0 unspecified atom stereocenters. The van der Waals surface area contributed by atoms with Crippen molar-refractivity contribution in [3.05, 3.63) is 94.5 Å². The van der Waals surface area contributed by atoms with E-state index in [1.807, 2.05) is 79.7 Å². The fraction of sp³-hybridized carbons (Fsp3) is 0.174. The van der Waals surface area contributed by atoms with Crippen LogP contribution in [-0.2, 0) is 5.75 Å². The molecule has 0 bridgehead atoms. The molecule has 0 heterocycles. The van der Waals surface area contributed by atoms with Crippen LogP contribution in [0.4, 0.5) is 0 Å². The highest BCUT2D eigenvalue weighted by molar-refractivity contribution is 7.98. The first-order valence-corrected chi connectivity index (χ1v) is 10.3. The molecule has 0 spiro atoms. The van der Waals surface area contributed by atoms with Gasteiger partial charge in [-0.1, -0.05) is 35.9 Å². The topological polar surface area (TPSA) is 38.3 Å². The lowest BCUT2D eigenvalue weighted by Gasteiger charge is -2.15. The number of carbonyl (C=O) groups is 1. The summed E-state index contributed by atoms with van der Waals surface area (Å²) in [7, 11) is 1.64. The summed E-state index contributed by atoms with van der Waals surface area (Å²) in [5.41, 5.74) is 2.85. The number of nitrogens with one attached hydrogen (secondary N) is 1. The minimum Gasteiger partial charge on any atom is -0.497 e. The molecular formula is C23H22ClNO2S. The summed E-state index contributed by atoms with van der Waals surface area (Å²) in [5, 5.41) is 3.77. The Morgan fingerprint density at radius 2 is 1.64 bits per heavy atom. The number of thioether (sulfide) groups is 1. The second-order valence-corrected chi connectivity index (χ2v) is 7.89. The van der Waals surface area contributed by atoms with Gasteiger partial charge in [-0.2, -0.15) is 0 Å². The summed E-state index contributed by atoms with van der Waals surface area (Å²) in [6, 6.07) is 23.2. The van der Waals surface area contributed by atoms with Crippen LogP contribution in [0.15, 0.2) is 77.7 Å². The van der Waals surface area contributed by atoms with Gasteiger partial charge in [0.2, 0.25) is 0 Å². The highest BCUT2D eigenvalue weighted by Gasteiger charge is 2.11. The molecular weight excluding hydrogens is 390 g/mol. The van der Waals surface area contributed by atoms with Crippen molar-refractivity contribution >= 4 is 29.3 Å². The molecule has 0 saturated heterocycles. The molecule has 0 aliphatic heterocycles. The number of benzene rings is 3. The molecule has 0 aromatic heterocycles. The van der Waals surface area contributed by atoms with Gasteiger partial charge in [-0.25, -0.2) is 0 Å². The van der Waals surface area contributed by atoms with Crippen molar-refractivity contribution in [2.75, 3.05) is 7.11 Å². The molecule has 3 aromatic carbocycles. The average Bonchev–Trinajstić information content (AvgIpc) is 2.73. The number of rotatable bonds is 7. The molecule has 3 aromatic rings. The van der Waals surface area contributed by atoms with Crippen molar-refractivity contribution in [1.82, 2.24) is 5.32 Å². The van der Waals surface area contributed by atoms with Crippen molar-refractivity contribution in [1.29, 1.82) is 0 Å². The van der Waals surface area contributed by atoms with Crippen LogP contribution < -0.4 is 10.1 Å². The third-order valence-electron chi connectivity index (χ3n) is 4.40. The maximum absolute atomic E-state index is 12.5. The predicted molar refractivity (Wildman–Crippen MR) is 116 cm³/mol. The van der Waals surface area contributed by atoms with Gasteiger partial charge in [-0.15, -0.1) is 11.8 Å². The third-order valence-corrected chi connectivity index (χ3v) is 5.73. The first-order valence-electron chi connectivity index (χ1n) is 8.97. The van der Waals surface area contributed by atoms with E-state index in [0.29, 0.717) is 5.56 Å². The summed E-state index contributed by atoms with van der Waals surface area (Å²) in [4.78, 5) is 13.7. The van der Waals surface area contributed by atoms with E-state index in [-0.39, 0.29) is 11.9 Å². The third kappa shape index (κ3) is 5.54. The van der Waals surface area contributed by atoms with Crippen molar-refractivity contribution < 1.29 is 9.53 Å². The quantitative estimate of drug-likeness (QED) is 0.475. The number of ether oxygens (including phenoxy) is 1. The van der Waals surface area contributed by atoms with Gasteiger partial charge < -0.3 is 10.1 Å². The zero-order valence-corrected chi connectivity index (χ0v) is 17.4. The van der Waals surface area contributed by atoms with E-state index in [1.165, 1.54) is 10.5 Å². The van der Waals surface area contributed by atoms with Crippen molar-refractivity contribution in [2.45, 2.75) is 23.6 Å². The highest BCUT2D eigenvalue weighted by Crippen LogP contribution is 2.24. The Balaban J connectivity index is 1.55. The molecule has 1 amide bonds. The molecule has 3 rings (SSSR count). The molecule has 0 fully saturated rings. The van der Waals surface area contributed by atoms with Crippen LogP contribution in [0.5, 0.6) is 5.75 Å². The van der Waals surface area contributed by atoms with Crippen LogP contribution in [0.2, 0.25) is 5.02 Å². The van der Waals surface area contributed by atoms with Crippen molar-refractivity contribution in [3.8, 4) is 5.75 Å². The predicted octanol–water partition coefficient (Wildman–Crippen LogP) is 6.13. The van der Waals surface area contributed by atoms with E-state index in [2.05, 4.69) is 5.32 Å². The fourth-order valence-electron chi connectivity index (χ4n) is 2.71. The Kier molecular flexibility index (Phi) is 7.01. The van der Waals surface area contributed by atoms with Crippen molar-refractivity contribution in [3.63, 3.8) is 0 Å². The maximum Gasteiger partial charge on any atom is 0.251 e. The number of carbonyl (C=O) groups excluding carboxylic acids is 1. The van der Waals surface area contributed by atoms with Gasteiger partial charge in [0, 0.05) is 21.2 Å². The van der Waals surface area contributed by atoms with Gasteiger partial charge in [0.1, 0.15) is 5.75 Å². The van der Waals surface area contributed by atoms with Gasteiger partial charge in [0.25, 0.3) is 5.91 Å². The number of hydrogen-bond acceptors (Lipinski definition) is 3. The molecule has 0 radical (unpaired) electrons. The van der Waals surface area contributed by atoms with Gasteiger partial charge in [0.15, 0.2) is 0 Å². The summed E-state index contributed by atoms with van der Waals surface area (Å²) in [5.74, 6) is 1.56. The van der Waals surface area contributed by atoms with E-state index in [9.17, 15) is 4.79 Å². The van der Waals surface area contributed by atoms with E-state index in [4.69, 9.17) is 16.3 Å². The van der Waals surface area contributed by atoms with Gasteiger partial charge in [-0.3, -0.25) is 4.79 Å². The molecule has 0 saturated carbocycles. The van der Waals surface area contributed by atoms with Crippen LogP contribution in [0, 0.1) is 0 Å². The normalized spacial score (nSPS) is 11.7. The SMILES string of the molecule is COc1ccc([C@H](C)NC(=O)c2ccc(CSc3ccc(Cl)cc3)cc2)cc1. The van der Waals surface area contributed by atoms with Crippen LogP contribution >= 0.6 is 23.4 Å². The summed E-state index contributed by atoms with van der Waals surface area (Å²) in [6.07, 6.45) is 0. The average molecular weight is 412 g/mol. The minimum atomic E-state index is -0.0847. The van der Waals surface area contributed by atoms with E-state index < -0.39 is 0 Å². The van der Waals surface area contributed by atoms with Crippen molar-refractivity contribution in [2.24, 2.45) is 0 Å². The molecule has 3 nitrogen and oxygen atoms in total. The fourth-order valence-corrected chi connectivity index (χ4v) is 3.69. The van der Waals surface area contributed by atoms with Crippen LogP contribution in [-0.4, -0.2) is 13.0 Å². The standard InChI is InChI=1S/C23H22ClNO2S/c1-16(18-7-11-21(27-2)12-8-18)25-23(26)19-5-3-17(4-6-19)15-28-22-13-9-20(24)10-14-22/h3-14,16H,15H2,1-2H3,(H,25,26)/t16-/m0/s1. The number of halogens is 1. The van der Waals surface area contributed by atoms with E-state index in [1.54, 1.807) is 18.9 Å². The monoisotopic (exact) mass is 411 g/mol. The molecule has 144 valence electrons. The van der Waals surface area contributed by atoms with E-state index >= 15 is 0 Å². The van der Waals surface area contributed by atoms with Crippen LogP contribution in [0.25, 0.3) is 0 Å². The Morgan fingerprint density at radius 1 is 1.00 bits per heavy atom. The molecule has 28 heavy (non-hydrogen) atoms. The number of amides is 1. The zero-order valence-electron chi connectivity index (χ0n) is 15.8. The maximum atomic E-state index is 12.5. The molecule has 0 aliphatic rings. The van der Waals surface area contributed by atoms with Crippen LogP contribution in [0.1, 0.15) is 34.5 Å². The Hall–Kier alpha value is -2.43.